The third-order valence-electron chi connectivity index (χ3n) is 7.10. The lowest BCUT2D eigenvalue weighted by Crippen LogP contribution is -2.23. The highest BCUT2D eigenvalue weighted by Crippen LogP contribution is 2.49. The molecule has 0 radical (unpaired) electrons. The van der Waals surface area contributed by atoms with E-state index in [4.69, 9.17) is 9.26 Å². The van der Waals surface area contributed by atoms with Gasteiger partial charge in [0.2, 0.25) is 0 Å². The highest BCUT2D eigenvalue weighted by Gasteiger charge is 2.52. The summed E-state index contributed by atoms with van der Waals surface area (Å²) < 4.78 is 11.0. The van der Waals surface area contributed by atoms with Crippen LogP contribution in [0.2, 0.25) is 0 Å². The maximum Gasteiger partial charge on any atom is 0.316 e. The molecule has 0 saturated heterocycles. The van der Waals surface area contributed by atoms with Gasteiger partial charge < -0.3 is 14.6 Å². The molecule has 1 aromatic heterocycles. The Bertz CT molecular complexity index is 1480. The SMILES string of the molecule is C=C(/C=C(\C)c1ccccc1)Nc1c(C)noc1-c1ccc(-c2ccc(C3(C(=O)OCC)CC3)cc2)cc1.CC.CC. The maximum atomic E-state index is 12.4. The van der Waals surface area contributed by atoms with Crippen LogP contribution >= 0.6 is 0 Å². The molecule has 0 aliphatic heterocycles. The van der Waals surface area contributed by atoms with Crippen LogP contribution in [-0.2, 0) is 14.9 Å². The third-order valence-corrected chi connectivity index (χ3v) is 7.10. The van der Waals surface area contributed by atoms with Gasteiger partial charge in [-0.05, 0) is 67.5 Å². The van der Waals surface area contributed by atoms with Crippen molar-refractivity contribution in [2.24, 2.45) is 0 Å². The van der Waals surface area contributed by atoms with Gasteiger partial charge in [-0.1, -0.05) is 118 Å². The predicted molar refractivity (Wildman–Crippen MR) is 175 cm³/mol. The number of anilines is 1. The maximum absolute atomic E-state index is 12.4. The molecular weight excluding hydrogens is 520 g/mol. The van der Waals surface area contributed by atoms with Gasteiger partial charge in [0, 0.05) is 11.3 Å². The number of carbonyl (C=O) groups excluding carboxylic acids is 1. The monoisotopic (exact) mass is 564 g/mol. The average molecular weight is 565 g/mol. The van der Waals surface area contributed by atoms with Gasteiger partial charge in [0.1, 0.15) is 11.4 Å². The number of aryl methyl sites for hydroxylation is 1. The zero-order valence-corrected chi connectivity index (χ0v) is 26.1. The van der Waals surface area contributed by atoms with Crippen LogP contribution in [0.4, 0.5) is 5.69 Å². The van der Waals surface area contributed by atoms with E-state index in [0.717, 1.165) is 63.3 Å². The summed E-state index contributed by atoms with van der Waals surface area (Å²) in [6.07, 6.45) is 3.72. The molecule has 3 aromatic carbocycles. The first kappa shape index (κ1) is 32.1. The van der Waals surface area contributed by atoms with Crippen LogP contribution < -0.4 is 5.32 Å². The molecule has 42 heavy (non-hydrogen) atoms. The number of aromatic nitrogens is 1. The minimum atomic E-state index is -0.454. The Balaban J connectivity index is 0.00000116. The minimum Gasteiger partial charge on any atom is -0.465 e. The second-order valence-corrected chi connectivity index (χ2v) is 9.77. The molecule has 0 bridgehead atoms. The van der Waals surface area contributed by atoms with Crippen LogP contribution in [0, 0.1) is 6.92 Å². The average Bonchev–Trinajstić information content (AvgIpc) is 3.78. The first-order valence-electron chi connectivity index (χ1n) is 15.0. The zero-order chi connectivity index (χ0) is 30.7. The van der Waals surface area contributed by atoms with Crippen LogP contribution in [-0.4, -0.2) is 17.7 Å². The molecule has 1 aliphatic carbocycles. The van der Waals surface area contributed by atoms with Crippen molar-refractivity contribution < 1.29 is 14.1 Å². The Labute approximate surface area is 251 Å². The fraction of sp³-hybridized carbons (Fsp3) is 0.297. The Morgan fingerprint density at radius 1 is 0.929 bits per heavy atom. The van der Waals surface area contributed by atoms with Crippen molar-refractivity contribution in [2.75, 3.05) is 11.9 Å². The summed E-state index contributed by atoms with van der Waals surface area (Å²) in [5.74, 6) is 0.554. The molecule has 1 aliphatic rings. The van der Waals surface area contributed by atoms with E-state index in [2.05, 4.69) is 60.4 Å². The second kappa shape index (κ2) is 15.0. The number of hydrogen-bond donors (Lipinski definition) is 1. The van der Waals surface area contributed by atoms with Gasteiger partial charge in [-0.15, -0.1) is 0 Å². The van der Waals surface area contributed by atoms with Gasteiger partial charge in [0.15, 0.2) is 5.76 Å². The summed E-state index contributed by atoms with van der Waals surface area (Å²) in [6.45, 7) is 18.4. The molecule has 5 rings (SSSR count). The molecule has 1 saturated carbocycles. The first-order valence-corrected chi connectivity index (χ1v) is 15.0. The van der Waals surface area contributed by atoms with Gasteiger partial charge >= 0.3 is 5.97 Å². The number of carbonyl (C=O) groups is 1. The predicted octanol–water partition coefficient (Wildman–Crippen LogP) is 9.99. The smallest absolute Gasteiger partial charge is 0.316 e. The van der Waals surface area contributed by atoms with Crippen molar-refractivity contribution in [2.45, 2.75) is 66.7 Å². The summed E-state index contributed by atoms with van der Waals surface area (Å²) >= 11 is 0. The molecule has 0 atom stereocenters. The molecule has 4 aromatic rings. The molecule has 0 unspecified atom stereocenters. The summed E-state index contributed by atoms with van der Waals surface area (Å²) in [5, 5.41) is 7.58. The lowest BCUT2D eigenvalue weighted by molar-refractivity contribution is -0.146. The summed E-state index contributed by atoms with van der Waals surface area (Å²) in [7, 11) is 0. The Morgan fingerprint density at radius 3 is 2.02 bits per heavy atom. The summed E-state index contributed by atoms with van der Waals surface area (Å²) in [5.41, 5.74) is 8.25. The quantitative estimate of drug-likeness (QED) is 0.162. The van der Waals surface area contributed by atoms with E-state index < -0.39 is 5.41 Å². The van der Waals surface area contributed by atoms with E-state index in [1.807, 2.05) is 90.1 Å². The van der Waals surface area contributed by atoms with Crippen molar-refractivity contribution in [3.63, 3.8) is 0 Å². The minimum absolute atomic E-state index is 0.114. The summed E-state index contributed by atoms with van der Waals surface area (Å²) in [4.78, 5) is 12.4. The highest BCUT2D eigenvalue weighted by molar-refractivity contribution is 5.87. The van der Waals surface area contributed by atoms with Crippen molar-refractivity contribution in [1.82, 2.24) is 5.16 Å². The van der Waals surface area contributed by atoms with Crippen molar-refractivity contribution >= 4 is 17.2 Å². The van der Waals surface area contributed by atoms with Crippen LogP contribution in [0.3, 0.4) is 0 Å². The van der Waals surface area contributed by atoms with Crippen LogP contribution in [0.25, 0.3) is 28.0 Å². The number of nitrogens with zero attached hydrogens (tertiary/aromatic N) is 1. The molecule has 0 spiro atoms. The van der Waals surface area contributed by atoms with Crippen molar-refractivity contribution in [3.8, 4) is 22.5 Å². The van der Waals surface area contributed by atoms with E-state index in [0.29, 0.717) is 12.4 Å². The van der Waals surface area contributed by atoms with Crippen molar-refractivity contribution in [1.29, 1.82) is 0 Å². The Kier molecular flexibility index (Phi) is 11.5. The standard InChI is InChI=1S/C33H32N2O3.2C2H6/c1-5-37-32(36)33(19-20-33)29-17-15-27(16-18-29)26-11-13-28(14-12-26)31-30(24(4)35-38-31)34-23(3)21-22(2)25-9-7-6-8-10-25;2*1-2/h6-18,21,34H,3,5,19-20H2,1-2,4H3;2*1-2H3/b22-21+;;. The lowest BCUT2D eigenvalue weighted by atomic mass is 9.93. The molecular formula is C37H44N2O3. The number of nitrogens with one attached hydrogen (secondary N) is 1. The number of hydrogen-bond acceptors (Lipinski definition) is 5. The number of esters is 1. The molecule has 1 N–H and O–H groups in total. The first-order chi connectivity index (χ1) is 20.4. The molecule has 1 fully saturated rings. The van der Waals surface area contributed by atoms with Crippen LogP contribution in [0.1, 0.15) is 71.2 Å². The number of benzene rings is 3. The molecule has 220 valence electrons. The number of ether oxygens (including phenoxy) is 1. The second-order valence-electron chi connectivity index (χ2n) is 9.77. The molecule has 5 heteroatoms. The Morgan fingerprint density at radius 2 is 1.48 bits per heavy atom. The van der Waals surface area contributed by atoms with E-state index >= 15 is 0 Å². The topological polar surface area (TPSA) is 64.4 Å². The van der Waals surface area contributed by atoms with Gasteiger partial charge in [0.25, 0.3) is 0 Å². The van der Waals surface area contributed by atoms with Crippen molar-refractivity contribution in [3.05, 3.63) is 114 Å². The summed E-state index contributed by atoms with van der Waals surface area (Å²) in [6, 6.07) is 26.6. The molecule has 0 amide bonds. The van der Waals surface area contributed by atoms with Gasteiger partial charge in [-0.2, -0.15) is 0 Å². The number of rotatable bonds is 9. The van der Waals surface area contributed by atoms with E-state index in [9.17, 15) is 4.79 Å². The van der Waals surface area contributed by atoms with E-state index in [-0.39, 0.29) is 5.97 Å². The lowest BCUT2D eigenvalue weighted by Gasteiger charge is -2.14. The third kappa shape index (κ3) is 7.27. The largest absolute Gasteiger partial charge is 0.465 e. The molecule has 5 nitrogen and oxygen atoms in total. The molecule has 1 heterocycles. The number of allylic oxidation sites excluding steroid dienone is 2. The Hall–Kier alpha value is -4.38. The normalized spacial score (nSPS) is 13.1. The van der Waals surface area contributed by atoms with E-state index in [1.54, 1.807) is 0 Å². The van der Waals surface area contributed by atoms with Gasteiger partial charge in [-0.25, -0.2) is 0 Å². The van der Waals surface area contributed by atoms with Crippen LogP contribution in [0.5, 0.6) is 0 Å². The zero-order valence-electron chi connectivity index (χ0n) is 26.1. The fourth-order valence-corrected chi connectivity index (χ4v) is 4.76. The van der Waals surface area contributed by atoms with Gasteiger partial charge in [-0.3, -0.25) is 4.79 Å². The highest BCUT2D eigenvalue weighted by atomic mass is 16.5. The van der Waals surface area contributed by atoms with Gasteiger partial charge in [0.05, 0.1) is 12.0 Å². The van der Waals surface area contributed by atoms with Crippen LogP contribution in [0.15, 0.2) is 102 Å². The van der Waals surface area contributed by atoms with E-state index in [1.165, 1.54) is 0 Å². The fourth-order valence-electron chi connectivity index (χ4n) is 4.76.